The molecule has 0 aromatic carbocycles. The molecule has 2 atom stereocenters. The molecule has 1 aliphatic rings. The van der Waals surface area contributed by atoms with Gasteiger partial charge in [-0.3, -0.25) is 9.79 Å². The average molecular weight is 342 g/mol. The molecule has 24 heavy (non-hydrogen) atoms. The Hall–Kier alpha value is -2.35. The number of ether oxygens (including phenoxy) is 1. The van der Waals surface area contributed by atoms with Gasteiger partial charge in [-0.25, -0.2) is 4.79 Å². The molecule has 0 heterocycles. The van der Waals surface area contributed by atoms with Crippen LogP contribution >= 0.6 is 0 Å². The van der Waals surface area contributed by atoms with Gasteiger partial charge in [-0.1, -0.05) is 19.9 Å². The molecular formula is C16H26N2O6. The van der Waals surface area contributed by atoms with E-state index in [1.807, 2.05) is 13.8 Å². The fourth-order valence-electron chi connectivity index (χ4n) is 2.20. The lowest BCUT2D eigenvalue weighted by Gasteiger charge is -2.28. The van der Waals surface area contributed by atoms with Gasteiger partial charge in [0, 0.05) is 6.61 Å². The van der Waals surface area contributed by atoms with Crippen LogP contribution in [0.4, 0.5) is 0 Å². The maximum atomic E-state index is 11.1. The first-order valence-electron chi connectivity index (χ1n) is 7.68. The molecule has 2 unspecified atom stereocenters. The number of hydrogen-bond acceptors (Lipinski definition) is 6. The maximum Gasteiger partial charge on any atom is 0.330 e. The number of aliphatic hydroxyl groups excluding tert-OH is 1. The average Bonchev–Trinajstić information content (AvgIpc) is 2.58. The third kappa shape index (κ3) is 6.41. The van der Waals surface area contributed by atoms with Crippen molar-refractivity contribution in [1.82, 2.24) is 5.32 Å². The monoisotopic (exact) mass is 342 g/mol. The lowest BCUT2D eigenvalue weighted by molar-refractivity contribution is -0.138. The van der Waals surface area contributed by atoms with E-state index in [1.54, 1.807) is 0 Å². The summed E-state index contributed by atoms with van der Waals surface area (Å²) >= 11 is 0. The van der Waals surface area contributed by atoms with Crippen molar-refractivity contribution in [2.75, 3.05) is 20.3 Å². The summed E-state index contributed by atoms with van der Waals surface area (Å²) in [5, 5.41) is 30.0. The molecule has 4 N–H and O–H groups in total. The second-order valence-corrected chi connectivity index (χ2v) is 4.82. The van der Waals surface area contributed by atoms with Gasteiger partial charge in [0.2, 0.25) is 0 Å². The fourth-order valence-corrected chi connectivity index (χ4v) is 2.20. The molecule has 0 aliphatic heterocycles. The van der Waals surface area contributed by atoms with Gasteiger partial charge in [0.05, 0.1) is 18.5 Å². The smallest absolute Gasteiger partial charge is 0.330 e. The van der Waals surface area contributed by atoms with E-state index in [0.29, 0.717) is 30.0 Å². The van der Waals surface area contributed by atoms with Gasteiger partial charge in [0.15, 0.2) is 5.76 Å². The zero-order valence-electron chi connectivity index (χ0n) is 14.3. The summed E-state index contributed by atoms with van der Waals surface area (Å²) in [6.45, 7) is 6.91. The van der Waals surface area contributed by atoms with Gasteiger partial charge in [0.1, 0.15) is 12.6 Å². The molecule has 1 aliphatic carbocycles. The minimum absolute atomic E-state index is 0.125. The van der Waals surface area contributed by atoms with Crippen LogP contribution in [-0.4, -0.2) is 59.3 Å². The van der Waals surface area contributed by atoms with Crippen LogP contribution in [-0.2, 0) is 14.3 Å². The summed E-state index contributed by atoms with van der Waals surface area (Å²) in [6.07, 6.45) is 1.98. The topological polar surface area (TPSA) is 128 Å². The Morgan fingerprint density at radius 2 is 2.04 bits per heavy atom. The van der Waals surface area contributed by atoms with Crippen LogP contribution in [0, 0.1) is 5.92 Å². The highest BCUT2D eigenvalue weighted by atomic mass is 16.5. The summed E-state index contributed by atoms with van der Waals surface area (Å²) in [6, 6.07) is -1.02. The highest BCUT2D eigenvalue weighted by Gasteiger charge is 2.29. The van der Waals surface area contributed by atoms with Crippen LogP contribution < -0.4 is 5.32 Å². The molecule has 0 amide bonds. The number of carboxylic acids is 2. The molecule has 0 radical (unpaired) electrons. The zero-order chi connectivity index (χ0) is 18.7. The van der Waals surface area contributed by atoms with E-state index in [9.17, 15) is 14.7 Å². The van der Waals surface area contributed by atoms with Crippen molar-refractivity contribution in [3.8, 4) is 0 Å². The number of aliphatic carboxylic acids is 2. The fraction of sp³-hybridized carbons (Fsp3) is 0.562. The lowest BCUT2D eigenvalue weighted by atomic mass is 9.89. The quantitative estimate of drug-likeness (QED) is 0.485. The number of allylic oxidation sites excluding steroid dienone is 2. The predicted molar refractivity (Wildman–Crippen MR) is 89.9 cm³/mol. The lowest BCUT2D eigenvalue weighted by Crippen LogP contribution is -2.38. The zero-order valence-corrected chi connectivity index (χ0v) is 14.3. The third-order valence-corrected chi connectivity index (χ3v) is 3.21. The van der Waals surface area contributed by atoms with Gasteiger partial charge in [0.25, 0.3) is 0 Å². The number of carbonyl (C=O) groups is 2. The standard InChI is InChI=1S/C14H20N2O6.C2H6/c1-3-9(14(20)21)16-11-5-8(7-17)4-10(13(11)22-2)15-6-12(18)19;1-2/h3,8-9,16-17H,1,4-7H2,2H3,(H,18,19)(H,20,21);1-2H3. The number of methoxy groups -OCH3 is 1. The molecule has 0 bridgehead atoms. The molecule has 8 nitrogen and oxygen atoms in total. The Morgan fingerprint density at radius 1 is 1.42 bits per heavy atom. The first-order chi connectivity index (χ1) is 11.4. The number of carboxylic acid groups (broad SMARTS) is 2. The minimum atomic E-state index is -1.10. The van der Waals surface area contributed by atoms with Crippen molar-refractivity contribution >= 4 is 17.7 Å². The molecule has 0 saturated carbocycles. The van der Waals surface area contributed by atoms with Gasteiger partial charge in [-0.2, -0.15) is 0 Å². The predicted octanol–water partition coefficient (Wildman–Crippen LogP) is 1.03. The molecule has 1 rings (SSSR count). The van der Waals surface area contributed by atoms with Crippen molar-refractivity contribution in [2.45, 2.75) is 32.7 Å². The summed E-state index contributed by atoms with van der Waals surface area (Å²) in [5.41, 5.74) is 0.857. The van der Waals surface area contributed by atoms with E-state index in [2.05, 4.69) is 16.9 Å². The van der Waals surface area contributed by atoms with E-state index in [4.69, 9.17) is 14.9 Å². The highest BCUT2D eigenvalue weighted by Crippen LogP contribution is 2.27. The van der Waals surface area contributed by atoms with Crippen LogP contribution in [0.1, 0.15) is 26.7 Å². The van der Waals surface area contributed by atoms with Crippen molar-refractivity contribution in [2.24, 2.45) is 10.9 Å². The van der Waals surface area contributed by atoms with Crippen LogP contribution in [0.5, 0.6) is 0 Å². The molecule has 0 aromatic rings. The van der Waals surface area contributed by atoms with Crippen LogP contribution in [0.2, 0.25) is 0 Å². The normalized spacial score (nSPS) is 19.8. The molecule has 0 fully saturated rings. The van der Waals surface area contributed by atoms with Crippen molar-refractivity contribution in [1.29, 1.82) is 0 Å². The Morgan fingerprint density at radius 3 is 2.46 bits per heavy atom. The summed E-state index contributed by atoms with van der Waals surface area (Å²) in [4.78, 5) is 25.7. The highest BCUT2D eigenvalue weighted by molar-refractivity contribution is 6.00. The third-order valence-electron chi connectivity index (χ3n) is 3.21. The molecule has 0 spiro atoms. The number of nitrogens with one attached hydrogen (secondary N) is 1. The Balaban J connectivity index is 0.00000254. The maximum absolute atomic E-state index is 11.1. The Kier molecular flexibility index (Phi) is 10.1. The van der Waals surface area contributed by atoms with Crippen molar-refractivity contribution in [3.05, 3.63) is 24.1 Å². The van der Waals surface area contributed by atoms with Crippen LogP contribution in [0.3, 0.4) is 0 Å². The SMILES string of the molecule is C=CC(NC1=C(OC)C(=NCC(=O)O)CC(CO)C1)C(=O)O.CC. The van der Waals surface area contributed by atoms with E-state index >= 15 is 0 Å². The van der Waals surface area contributed by atoms with Crippen molar-refractivity contribution in [3.63, 3.8) is 0 Å². The number of aliphatic hydroxyl groups is 1. The largest absolute Gasteiger partial charge is 0.493 e. The molecular weight excluding hydrogens is 316 g/mol. The first-order valence-corrected chi connectivity index (χ1v) is 7.68. The van der Waals surface area contributed by atoms with Gasteiger partial charge in [-0.15, -0.1) is 6.58 Å². The number of rotatable bonds is 8. The van der Waals surface area contributed by atoms with Crippen molar-refractivity contribution < 1.29 is 29.6 Å². The first kappa shape index (κ1) is 21.6. The van der Waals surface area contributed by atoms with Gasteiger partial charge in [-0.05, 0) is 18.8 Å². The van der Waals surface area contributed by atoms with Gasteiger partial charge >= 0.3 is 11.9 Å². The number of nitrogens with zero attached hydrogens (tertiary/aromatic N) is 1. The van der Waals surface area contributed by atoms with E-state index < -0.39 is 24.5 Å². The number of hydrogen-bond donors (Lipinski definition) is 4. The molecule has 136 valence electrons. The van der Waals surface area contributed by atoms with Crippen LogP contribution in [0.25, 0.3) is 0 Å². The molecule has 8 heteroatoms. The minimum Gasteiger partial charge on any atom is -0.493 e. The Labute approximate surface area is 141 Å². The van der Waals surface area contributed by atoms with E-state index in [1.165, 1.54) is 13.2 Å². The van der Waals surface area contributed by atoms with Gasteiger partial charge < -0.3 is 25.4 Å². The van der Waals surface area contributed by atoms with E-state index in [0.717, 1.165) is 0 Å². The second kappa shape index (κ2) is 11.2. The van der Waals surface area contributed by atoms with Crippen LogP contribution in [0.15, 0.2) is 29.1 Å². The summed E-state index contributed by atoms with van der Waals surface area (Å²) in [7, 11) is 1.40. The second-order valence-electron chi connectivity index (χ2n) is 4.82. The molecule has 0 aromatic heterocycles. The van der Waals surface area contributed by atoms with E-state index in [-0.39, 0.29) is 12.5 Å². The number of aliphatic imine (C=N–C) groups is 1. The summed E-state index contributed by atoms with van der Waals surface area (Å²) in [5.74, 6) is -2.06. The Bertz CT molecular complexity index is 513. The molecule has 0 saturated heterocycles. The summed E-state index contributed by atoms with van der Waals surface area (Å²) < 4.78 is 5.25.